The van der Waals surface area contributed by atoms with Crippen molar-refractivity contribution in [3.8, 4) is 11.5 Å². The van der Waals surface area contributed by atoms with Gasteiger partial charge in [0.1, 0.15) is 0 Å². The molecule has 0 saturated heterocycles. The molecule has 2 aliphatic rings. The Labute approximate surface area is 156 Å². The molecular formula is C24H28O2. The largest absolute Gasteiger partial charge is 0.454 e. The first kappa shape index (κ1) is 17.2. The van der Waals surface area contributed by atoms with Crippen molar-refractivity contribution in [2.24, 2.45) is 0 Å². The average Bonchev–Trinajstić information content (AvgIpc) is 3.06. The second-order valence-corrected chi connectivity index (χ2v) is 8.97. The maximum Gasteiger partial charge on any atom is 0.231 e. The van der Waals surface area contributed by atoms with Crippen LogP contribution in [0.1, 0.15) is 69.7 Å². The molecule has 2 nitrogen and oxygen atoms in total. The Bertz CT molecular complexity index is 887. The number of ether oxygens (including phenoxy) is 2. The predicted molar refractivity (Wildman–Crippen MR) is 108 cm³/mol. The van der Waals surface area contributed by atoms with Gasteiger partial charge >= 0.3 is 0 Å². The third-order valence-electron chi connectivity index (χ3n) is 6.09. The van der Waals surface area contributed by atoms with Crippen molar-refractivity contribution >= 4 is 11.6 Å². The highest BCUT2D eigenvalue weighted by atomic mass is 16.7. The average molecular weight is 348 g/mol. The minimum Gasteiger partial charge on any atom is -0.454 e. The first-order valence-electron chi connectivity index (χ1n) is 9.50. The van der Waals surface area contributed by atoms with Gasteiger partial charge in [-0.1, -0.05) is 58.0 Å². The van der Waals surface area contributed by atoms with E-state index < -0.39 is 0 Å². The Morgan fingerprint density at radius 3 is 2.31 bits per heavy atom. The fourth-order valence-corrected chi connectivity index (χ4v) is 4.17. The van der Waals surface area contributed by atoms with Gasteiger partial charge in [-0.15, -0.1) is 0 Å². The zero-order valence-corrected chi connectivity index (χ0v) is 16.5. The van der Waals surface area contributed by atoms with E-state index in [2.05, 4.69) is 71.0 Å². The fraction of sp³-hybridized carbons (Fsp3) is 0.417. The summed E-state index contributed by atoms with van der Waals surface area (Å²) in [5.74, 6) is 1.66. The minimum atomic E-state index is 0.236. The van der Waals surface area contributed by atoms with E-state index in [0.29, 0.717) is 6.79 Å². The van der Waals surface area contributed by atoms with Crippen molar-refractivity contribution in [2.75, 3.05) is 6.79 Å². The maximum absolute atomic E-state index is 5.50. The van der Waals surface area contributed by atoms with E-state index in [0.717, 1.165) is 17.1 Å². The first-order chi connectivity index (χ1) is 12.3. The van der Waals surface area contributed by atoms with Crippen LogP contribution in [0.15, 0.2) is 36.4 Å². The number of fused-ring (bicyclic) bond motifs is 2. The quantitative estimate of drug-likeness (QED) is 0.591. The summed E-state index contributed by atoms with van der Waals surface area (Å²) in [6.07, 6.45) is 4.71. The van der Waals surface area contributed by atoms with Gasteiger partial charge in [-0.2, -0.15) is 0 Å². The molecule has 0 spiro atoms. The molecule has 4 rings (SSSR count). The SMILES string of the molecule is C/C(=C\c1ccc2c(c1)OCO2)c1ccc2c(c1)C(C)(C)CCC2(C)C. The van der Waals surface area contributed by atoms with Gasteiger partial charge in [0.15, 0.2) is 11.5 Å². The van der Waals surface area contributed by atoms with E-state index in [1.807, 2.05) is 6.07 Å². The molecule has 136 valence electrons. The number of allylic oxidation sites excluding steroid dienone is 1. The highest BCUT2D eigenvalue weighted by Gasteiger charge is 2.36. The molecule has 2 aromatic rings. The second kappa shape index (κ2) is 5.90. The zero-order valence-electron chi connectivity index (χ0n) is 16.5. The first-order valence-corrected chi connectivity index (χ1v) is 9.50. The van der Waals surface area contributed by atoms with Crippen LogP contribution in [0.2, 0.25) is 0 Å². The van der Waals surface area contributed by atoms with Gasteiger partial charge < -0.3 is 9.47 Å². The fourth-order valence-electron chi connectivity index (χ4n) is 4.17. The Balaban J connectivity index is 1.72. The van der Waals surface area contributed by atoms with Crippen LogP contribution in [0.5, 0.6) is 11.5 Å². The third kappa shape index (κ3) is 2.92. The molecule has 1 aliphatic carbocycles. The predicted octanol–water partition coefficient (Wildman–Crippen LogP) is 6.32. The maximum atomic E-state index is 5.50. The number of hydrogen-bond acceptors (Lipinski definition) is 2. The molecule has 2 aromatic carbocycles. The molecule has 0 saturated carbocycles. The summed E-state index contributed by atoms with van der Waals surface area (Å²) >= 11 is 0. The molecule has 1 heterocycles. The lowest BCUT2D eigenvalue weighted by atomic mass is 9.63. The summed E-state index contributed by atoms with van der Waals surface area (Å²) < 4.78 is 10.9. The molecule has 0 N–H and O–H groups in total. The van der Waals surface area contributed by atoms with Crippen LogP contribution in [-0.4, -0.2) is 6.79 Å². The molecule has 1 aliphatic heterocycles. The monoisotopic (exact) mass is 348 g/mol. The van der Waals surface area contributed by atoms with E-state index in [-0.39, 0.29) is 10.8 Å². The van der Waals surface area contributed by atoms with Gasteiger partial charge in [0, 0.05) is 0 Å². The molecule has 0 unspecified atom stereocenters. The molecule has 26 heavy (non-hydrogen) atoms. The van der Waals surface area contributed by atoms with Crippen LogP contribution >= 0.6 is 0 Å². The van der Waals surface area contributed by atoms with Crippen molar-refractivity contribution in [1.82, 2.24) is 0 Å². The van der Waals surface area contributed by atoms with Gasteiger partial charge in [-0.05, 0) is 70.6 Å². The lowest BCUT2D eigenvalue weighted by Crippen LogP contribution is -2.33. The van der Waals surface area contributed by atoms with Crippen molar-refractivity contribution < 1.29 is 9.47 Å². The van der Waals surface area contributed by atoms with E-state index in [1.165, 1.54) is 35.1 Å². The number of rotatable bonds is 2. The smallest absolute Gasteiger partial charge is 0.231 e. The Morgan fingerprint density at radius 1 is 0.846 bits per heavy atom. The lowest BCUT2D eigenvalue weighted by Gasteiger charge is -2.42. The van der Waals surface area contributed by atoms with Crippen LogP contribution in [0.4, 0.5) is 0 Å². The highest BCUT2D eigenvalue weighted by Crippen LogP contribution is 2.46. The van der Waals surface area contributed by atoms with Crippen LogP contribution in [0.3, 0.4) is 0 Å². The molecule has 0 radical (unpaired) electrons. The van der Waals surface area contributed by atoms with Crippen LogP contribution in [-0.2, 0) is 10.8 Å². The molecular weight excluding hydrogens is 320 g/mol. The molecule has 2 heteroatoms. The van der Waals surface area contributed by atoms with Gasteiger partial charge in [0.2, 0.25) is 6.79 Å². The summed E-state index contributed by atoms with van der Waals surface area (Å²) in [6.45, 7) is 12.0. The molecule has 0 amide bonds. The molecule has 0 aromatic heterocycles. The van der Waals surface area contributed by atoms with Crippen LogP contribution in [0.25, 0.3) is 11.6 Å². The Hall–Kier alpha value is -2.22. The van der Waals surface area contributed by atoms with Crippen LogP contribution in [0, 0.1) is 0 Å². The van der Waals surface area contributed by atoms with Crippen molar-refractivity contribution in [1.29, 1.82) is 0 Å². The minimum absolute atomic E-state index is 0.236. The Kier molecular flexibility index (Phi) is 3.91. The van der Waals surface area contributed by atoms with Crippen molar-refractivity contribution in [3.05, 3.63) is 58.7 Å². The summed E-state index contributed by atoms with van der Waals surface area (Å²) in [5.41, 5.74) is 7.22. The van der Waals surface area contributed by atoms with E-state index in [9.17, 15) is 0 Å². The second-order valence-electron chi connectivity index (χ2n) is 8.97. The van der Waals surface area contributed by atoms with Crippen molar-refractivity contribution in [2.45, 2.75) is 58.3 Å². The third-order valence-corrected chi connectivity index (χ3v) is 6.09. The summed E-state index contributed by atoms with van der Waals surface area (Å²) in [5, 5.41) is 0. The van der Waals surface area contributed by atoms with Crippen LogP contribution < -0.4 is 9.47 Å². The summed E-state index contributed by atoms with van der Waals surface area (Å²) in [6, 6.07) is 13.2. The van der Waals surface area contributed by atoms with E-state index >= 15 is 0 Å². The lowest BCUT2D eigenvalue weighted by molar-refractivity contribution is 0.174. The van der Waals surface area contributed by atoms with Gasteiger partial charge in [-0.3, -0.25) is 0 Å². The van der Waals surface area contributed by atoms with Gasteiger partial charge in [0.05, 0.1) is 0 Å². The topological polar surface area (TPSA) is 18.5 Å². The zero-order chi connectivity index (χ0) is 18.5. The van der Waals surface area contributed by atoms with E-state index in [1.54, 1.807) is 0 Å². The number of benzene rings is 2. The van der Waals surface area contributed by atoms with Crippen molar-refractivity contribution in [3.63, 3.8) is 0 Å². The molecule has 0 atom stereocenters. The standard InChI is InChI=1S/C24H28O2/c1-16(12-17-6-9-21-22(13-17)26-15-25-21)18-7-8-19-20(14-18)24(4,5)11-10-23(19,2)3/h6-9,12-14H,10-11,15H2,1-5H3/b16-12+. The van der Waals surface area contributed by atoms with Gasteiger partial charge in [0.25, 0.3) is 0 Å². The van der Waals surface area contributed by atoms with E-state index in [4.69, 9.17) is 9.47 Å². The molecule has 0 bridgehead atoms. The number of hydrogen-bond donors (Lipinski definition) is 0. The van der Waals surface area contributed by atoms with Gasteiger partial charge in [-0.25, -0.2) is 0 Å². The Morgan fingerprint density at radius 2 is 1.54 bits per heavy atom. The normalized spacial score (nSPS) is 20.0. The molecule has 0 fully saturated rings. The summed E-state index contributed by atoms with van der Waals surface area (Å²) in [4.78, 5) is 0. The highest BCUT2D eigenvalue weighted by molar-refractivity contribution is 5.81. The summed E-state index contributed by atoms with van der Waals surface area (Å²) in [7, 11) is 0.